The van der Waals surface area contributed by atoms with Gasteiger partial charge in [-0.1, -0.05) is 46.0 Å². The van der Waals surface area contributed by atoms with Gasteiger partial charge in [0.05, 0.1) is 0 Å². The summed E-state index contributed by atoms with van der Waals surface area (Å²) < 4.78 is 0. The van der Waals surface area contributed by atoms with Gasteiger partial charge in [0.2, 0.25) is 0 Å². The van der Waals surface area contributed by atoms with Crippen LogP contribution in [0.5, 0.6) is 0 Å². The zero-order valence-electron chi connectivity index (χ0n) is 11.1. The van der Waals surface area contributed by atoms with Crippen LogP contribution in [0.4, 0.5) is 0 Å². The molecule has 0 spiro atoms. The van der Waals surface area contributed by atoms with Gasteiger partial charge in [-0.3, -0.25) is 4.79 Å². The van der Waals surface area contributed by atoms with Crippen LogP contribution in [0, 0.1) is 5.92 Å². The molecule has 0 aromatic heterocycles. The van der Waals surface area contributed by atoms with E-state index in [1.165, 1.54) is 32.1 Å². The van der Waals surface area contributed by atoms with E-state index in [0.29, 0.717) is 12.3 Å². The standard InChI is InChI=1S/C14H29NO/c1-3-4-5-6-7-8-11-14(16)13(2)10-9-12-15/h13H,3-12,15H2,1-2H3. The molecule has 0 amide bonds. The fourth-order valence-corrected chi connectivity index (χ4v) is 1.91. The molecule has 2 N–H and O–H groups in total. The predicted molar refractivity (Wildman–Crippen MR) is 70.5 cm³/mol. The van der Waals surface area contributed by atoms with Crippen molar-refractivity contribution >= 4 is 5.78 Å². The van der Waals surface area contributed by atoms with Gasteiger partial charge in [-0.05, 0) is 25.8 Å². The highest BCUT2D eigenvalue weighted by Crippen LogP contribution is 2.13. The number of unbranched alkanes of at least 4 members (excludes halogenated alkanes) is 5. The van der Waals surface area contributed by atoms with Gasteiger partial charge in [-0.15, -0.1) is 0 Å². The fraction of sp³-hybridized carbons (Fsp3) is 0.929. The van der Waals surface area contributed by atoms with Crippen molar-refractivity contribution in [2.45, 2.75) is 71.6 Å². The van der Waals surface area contributed by atoms with Crippen LogP contribution in [-0.2, 0) is 4.79 Å². The van der Waals surface area contributed by atoms with E-state index in [2.05, 4.69) is 6.92 Å². The summed E-state index contributed by atoms with van der Waals surface area (Å²) in [5, 5.41) is 0. The Labute approximate surface area is 101 Å². The first-order valence-electron chi connectivity index (χ1n) is 6.95. The highest BCUT2D eigenvalue weighted by atomic mass is 16.1. The van der Waals surface area contributed by atoms with E-state index in [-0.39, 0.29) is 5.92 Å². The van der Waals surface area contributed by atoms with Gasteiger partial charge in [0, 0.05) is 12.3 Å². The topological polar surface area (TPSA) is 43.1 Å². The Morgan fingerprint density at radius 1 is 1.06 bits per heavy atom. The van der Waals surface area contributed by atoms with Crippen molar-refractivity contribution in [3.05, 3.63) is 0 Å². The van der Waals surface area contributed by atoms with E-state index in [9.17, 15) is 4.79 Å². The molecule has 2 nitrogen and oxygen atoms in total. The third-order valence-electron chi connectivity index (χ3n) is 3.17. The maximum atomic E-state index is 11.7. The van der Waals surface area contributed by atoms with Crippen molar-refractivity contribution in [2.75, 3.05) is 6.54 Å². The number of carbonyl (C=O) groups excluding carboxylic acids is 1. The molecule has 1 atom stereocenters. The maximum Gasteiger partial charge on any atom is 0.135 e. The Morgan fingerprint density at radius 2 is 1.69 bits per heavy atom. The first kappa shape index (κ1) is 15.6. The average molecular weight is 227 g/mol. The number of rotatable bonds is 11. The number of nitrogens with two attached hydrogens (primary N) is 1. The molecule has 2 heteroatoms. The molecule has 0 radical (unpaired) electrons. The van der Waals surface area contributed by atoms with Crippen molar-refractivity contribution in [1.29, 1.82) is 0 Å². The summed E-state index contributed by atoms with van der Waals surface area (Å²) in [5.74, 6) is 0.656. The van der Waals surface area contributed by atoms with Gasteiger partial charge in [0.25, 0.3) is 0 Å². The van der Waals surface area contributed by atoms with Crippen LogP contribution >= 0.6 is 0 Å². The molecular weight excluding hydrogens is 198 g/mol. The van der Waals surface area contributed by atoms with Crippen LogP contribution in [0.15, 0.2) is 0 Å². The minimum Gasteiger partial charge on any atom is -0.330 e. The second-order valence-electron chi connectivity index (χ2n) is 4.82. The third-order valence-corrected chi connectivity index (χ3v) is 3.17. The monoisotopic (exact) mass is 227 g/mol. The lowest BCUT2D eigenvalue weighted by atomic mass is 9.96. The second-order valence-corrected chi connectivity index (χ2v) is 4.82. The Kier molecular flexibility index (Phi) is 10.9. The minimum atomic E-state index is 0.221. The highest BCUT2D eigenvalue weighted by Gasteiger charge is 2.11. The molecule has 0 saturated heterocycles. The van der Waals surface area contributed by atoms with E-state index in [1.807, 2.05) is 6.92 Å². The van der Waals surface area contributed by atoms with E-state index < -0.39 is 0 Å². The molecule has 0 aliphatic rings. The molecular formula is C14H29NO. The van der Waals surface area contributed by atoms with E-state index >= 15 is 0 Å². The lowest BCUT2D eigenvalue weighted by molar-refractivity contribution is -0.122. The summed E-state index contributed by atoms with van der Waals surface area (Å²) in [5.41, 5.74) is 5.43. The maximum absolute atomic E-state index is 11.7. The largest absolute Gasteiger partial charge is 0.330 e. The van der Waals surface area contributed by atoms with Crippen LogP contribution in [0.25, 0.3) is 0 Å². The second kappa shape index (κ2) is 11.1. The Morgan fingerprint density at radius 3 is 2.31 bits per heavy atom. The molecule has 1 unspecified atom stereocenters. The van der Waals surface area contributed by atoms with Crippen molar-refractivity contribution in [2.24, 2.45) is 11.7 Å². The minimum absolute atomic E-state index is 0.221. The average Bonchev–Trinajstić information content (AvgIpc) is 2.30. The van der Waals surface area contributed by atoms with Gasteiger partial charge in [-0.25, -0.2) is 0 Å². The summed E-state index contributed by atoms with van der Waals surface area (Å²) in [4.78, 5) is 11.7. The van der Waals surface area contributed by atoms with Crippen LogP contribution in [0.2, 0.25) is 0 Å². The van der Waals surface area contributed by atoms with Gasteiger partial charge in [0.1, 0.15) is 5.78 Å². The number of Topliss-reactive ketones (excluding diaryl/α,β-unsaturated/α-hetero) is 1. The lowest BCUT2D eigenvalue weighted by Gasteiger charge is -2.09. The molecule has 0 rings (SSSR count). The molecule has 0 aliphatic heterocycles. The Bertz CT molecular complexity index is 168. The van der Waals surface area contributed by atoms with E-state index in [1.54, 1.807) is 0 Å². The van der Waals surface area contributed by atoms with Crippen molar-refractivity contribution in [3.8, 4) is 0 Å². The van der Waals surface area contributed by atoms with Gasteiger partial charge in [0.15, 0.2) is 0 Å². The van der Waals surface area contributed by atoms with Gasteiger partial charge < -0.3 is 5.73 Å². The highest BCUT2D eigenvalue weighted by molar-refractivity contribution is 5.80. The van der Waals surface area contributed by atoms with E-state index in [0.717, 1.165) is 25.7 Å². The summed E-state index contributed by atoms with van der Waals surface area (Å²) in [7, 11) is 0. The first-order valence-corrected chi connectivity index (χ1v) is 6.95. The summed E-state index contributed by atoms with van der Waals surface area (Å²) in [6.07, 6.45) is 10.2. The van der Waals surface area contributed by atoms with Crippen LogP contribution in [-0.4, -0.2) is 12.3 Å². The first-order chi connectivity index (χ1) is 7.72. The molecule has 0 aromatic carbocycles. The van der Waals surface area contributed by atoms with Crippen LogP contribution in [0.3, 0.4) is 0 Å². The van der Waals surface area contributed by atoms with Crippen molar-refractivity contribution in [1.82, 2.24) is 0 Å². The number of ketones is 1. The molecule has 0 fully saturated rings. The van der Waals surface area contributed by atoms with E-state index in [4.69, 9.17) is 5.73 Å². The van der Waals surface area contributed by atoms with Gasteiger partial charge in [-0.2, -0.15) is 0 Å². The zero-order valence-corrected chi connectivity index (χ0v) is 11.1. The number of carbonyl (C=O) groups is 1. The Hall–Kier alpha value is -0.370. The quantitative estimate of drug-likeness (QED) is 0.547. The molecule has 0 saturated carbocycles. The molecule has 16 heavy (non-hydrogen) atoms. The lowest BCUT2D eigenvalue weighted by Crippen LogP contribution is -2.12. The molecule has 0 heterocycles. The number of hydrogen-bond donors (Lipinski definition) is 1. The molecule has 0 aromatic rings. The summed E-state index contributed by atoms with van der Waals surface area (Å²) in [6, 6.07) is 0. The van der Waals surface area contributed by atoms with Crippen LogP contribution in [0.1, 0.15) is 71.6 Å². The van der Waals surface area contributed by atoms with Crippen molar-refractivity contribution in [3.63, 3.8) is 0 Å². The normalized spacial score (nSPS) is 12.7. The molecule has 0 bridgehead atoms. The zero-order chi connectivity index (χ0) is 12.2. The third kappa shape index (κ3) is 8.90. The SMILES string of the molecule is CCCCCCCCC(=O)C(C)CCCN. The predicted octanol–water partition coefficient (Wildman–Crippen LogP) is 3.68. The summed E-state index contributed by atoms with van der Waals surface area (Å²) in [6.45, 7) is 4.96. The number of hydrogen-bond acceptors (Lipinski definition) is 2. The Balaban J connectivity index is 3.35. The van der Waals surface area contributed by atoms with Crippen LogP contribution < -0.4 is 5.73 Å². The van der Waals surface area contributed by atoms with Gasteiger partial charge >= 0.3 is 0 Å². The summed E-state index contributed by atoms with van der Waals surface area (Å²) >= 11 is 0. The molecule has 0 aliphatic carbocycles. The fourth-order valence-electron chi connectivity index (χ4n) is 1.91. The van der Waals surface area contributed by atoms with Crippen molar-refractivity contribution < 1.29 is 4.79 Å². The smallest absolute Gasteiger partial charge is 0.135 e. The molecule has 96 valence electrons.